The first-order valence-corrected chi connectivity index (χ1v) is 16.5. The molecule has 1 aliphatic rings. The average molecular weight is 673 g/mol. The number of carbonyl (C=O) groups is 4. The summed E-state index contributed by atoms with van der Waals surface area (Å²) in [6.45, 7) is 1.63. The smallest absolute Gasteiger partial charge is 0.341 e. The first-order valence-electron chi connectivity index (χ1n) is 12.3. The van der Waals surface area contributed by atoms with Gasteiger partial charge in [0.25, 0.3) is 5.91 Å². The fourth-order valence-electron chi connectivity index (χ4n) is 4.33. The fourth-order valence-corrected chi connectivity index (χ4v) is 8.24. The maximum Gasteiger partial charge on any atom is 0.341 e. The number of esters is 2. The number of carbonyl (C=O) groups excluding carboxylic acids is 4. The van der Waals surface area contributed by atoms with Crippen LogP contribution in [-0.4, -0.2) is 62.0 Å². The number of fused-ring (bicyclic) bond motifs is 2. The van der Waals surface area contributed by atoms with Crippen molar-refractivity contribution in [2.45, 2.75) is 39.2 Å². The lowest BCUT2D eigenvalue weighted by molar-refractivity contribution is -0.143. The van der Waals surface area contributed by atoms with Crippen molar-refractivity contribution in [2.24, 2.45) is 4.99 Å². The van der Waals surface area contributed by atoms with Crippen molar-refractivity contribution in [1.82, 2.24) is 4.57 Å². The molecule has 214 valence electrons. The van der Waals surface area contributed by atoms with Crippen molar-refractivity contribution in [3.05, 3.63) is 43.5 Å². The number of halogens is 1. The predicted molar refractivity (Wildman–Crippen MR) is 154 cm³/mol. The third kappa shape index (κ3) is 7.06. The van der Waals surface area contributed by atoms with E-state index in [-0.39, 0.29) is 28.5 Å². The van der Waals surface area contributed by atoms with Gasteiger partial charge in [0, 0.05) is 9.35 Å². The third-order valence-electron chi connectivity index (χ3n) is 5.97. The summed E-state index contributed by atoms with van der Waals surface area (Å²) in [5, 5.41) is 2.77. The first kappa shape index (κ1) is 30.1. The molecule has 11 nitrogen and oxygen atoms in total. The Bertz CT molecular complexity index is 1670. The lowest BCUT2D eigenvalue weighted by atomic mass is 9.95. The molecule has 0 fully saturated rings. The van der Waals surface area contributed by atoms with Crippen LogP contribution < -0.4 is 10.1 Å². The van der Waals surface area contributed by atoms with Crippen LogP contribution in [-0.2, 0) is 53.1 Å². The highest BCUT2D eigenvalue weighted by Gasteiger charge is 2.28. The molecule has 3 aromatic rings. The van der Waals surface area contributed by atoms with Crippen LogP contribution in [0.1, 0.15) is 40.6 Å². The Balaban J connectivity index is 1.52. The van der Waals surface area contributed by atoms with Crippen LogP contribution in [0.3, 0.4) is 0 Å². The molecule has 4 rings (SSSR count). The van der Waals surface area contributed by atoms with Crippen LogP contribution in [0.2, 0.25) is 0 Å². The Kier molecular flexibility index (Phi) is 9.59. The first-order chi connectivity index (χ1) is 19.0. The summed E-state index contributed by atoms with van der Waals surface area (Å²) in [5.41, 5.74) is 1.69. The molecule has 0 atom stereocenters. The van der Waals surface area contributed by atoms with Gasteiger partial charge in [-0.1, -0.05) is 27.3 Å². The number of aromatic nitrogens is 1. The van der Waals surface area contributed by atoms with E-state index >= 15 is 0 Å². The van der Waals surface area contributed by atoms with E-state index in [1.54, 1.807) is 25.1 Å². The van der Waals surface area contributed by atoms with Crippen molar-refractivity contribution >= 4 is 87.4 Å². The fraction of sp³-hybridized carbons (Fsp3) is 0.400. The van der Waals surface area contributed by atoms with Gasteiger partial charge in [0.1, 0.15) is 23.1 Å². The van der Waals surface area contributed by atoms with Crippen LogP contribution in [0.5, 0.6) is 0 Å². The summed E-state index contributed by atoms with van der Waals surface area (Å²) in [7, 11) is -2.97. The maximum absolute atomic E-state index is 12.8. The Hall–Kier alpha value is -2.88. The van der Waals surface area contributed by atoms with Gasteiger partial charge in [-0.3, -0.25) is 14.4 Å². The Morgan fingerprint density at radius 1 is 1.12 bits per heavy atom. The third-order valence-corrected chi connectivity index (χ3v) is 10.1. The summed E-state index contributed by atoms with van der Waals surface area (Å²) >= 11 is 5.72. The number of rotatable bonds is 9. The van der Waals surface area contributed by atoms with E-state index in [9.17, 15) is 27.6 Å². The number of nitrogens with zero attached hydrogens (tertiary/aromatic N) is 2. The number of methoxy groups -OCH3 is 1. The van der Waals surface area contributed by atoms with E-state index < -0.39 is 45.1 Å². The van der Waals surface area contributed by atoms with Crippen molar-refractivity contribution in [3.63, 3.8) is 0 Å². The molecule has 0 spiro atoms. The minimum absolute atomic E-state index is 0.123. The van der Waals surface area contributed by atoms with Crippen LogP contribution in [0.25, 0.3) is 10.2 Å². The highest BCUT2D eigenvalue weighted by Crippen LogP contribution is 2.38. The van der Waals surface area contributed by atoms with Crippen LogP contribution >= 0.6 is 38.6 Å². The Morgan fingerprint density at radius 3 is 2.60 bits per heavy atom. The second-order valence-corrected chi connectivity index (χ2v) is 14.0. The second kappa shape index (κ2) is 12.7. The molecule has 1 aromatic carbocycles. The molecule has 1 N–H and O–H groups in total. The van der Waals surface area contributed by atoms with Crippen LogP contribution in [0.4, 0.5) is 5.00 Å². The van der Waals surface area contributed by atoms with E-state index in [0.29, 0.717) is 16.6 Å². The van der Waals surface area contributed by atoms with E-state index in [2.05, 4.69) is 26.2 Å². The molecule has 0 aliphatic heterocycles. The zero-order valence-electron chi connectivity index (χ0n) is 21.7. The van der Waals surface area contributed by atoms with Crippen LogP contribution in [0, 0.1) is 0 Å². The standard InChI is InChI=1S/C25H26BrN3O8S3/c1-3-37-21(32)11-29-16-9-8-14(26)10-18(16)39-25(29)28-20(31)13-40(34,35)12-19(30)27-23-22(24(33)36-2)15-6-4-5-7-17(15)38-23/h8-10H,3-7,11-13H2,1-2H3,(H,27,30). The number of benzene rings is 1. The van der Waals surface area contributed by atoms with E-state index in [0.717, 1.165) is 45.5 Å². The monoisotopic (exact) mass is 671 g/mol. The maximum atomic E-state index is 12.8. The zero-order chi connectivity index (χ0) is 29.0. The van der Waals surface area contributed by atoms with Gasteiger partial charge in [-0.15, -0.1) is 11.3 Å². The number of aryl methyl sites for hydroxylation is 1. The van der Waals surface area contributed by atoms with Crippen molar-refractivity contribution in [2.75, 3.05) is 30.5 Å². The Morgan fingerprint density at radius 2 is 1.88 bits per heavy atom. The number of thiophene rings is 1. The quantitative estimate of drug-likeness (QED) is 0.341. The molecule has 2 heterocycles. The number of hydrogen-bond acceptors (Lipinski definition) is 10. The van der Waals surface area contributed by atoms with Gasteiger partial charge in [0.2, 0.25) is 5.91 Å². The van der Waals surface area contributed by atoms with Gasteiger partial charge in [0.05, 0.1) is 29.5 Å². The highest BCUT2D eigenvalue weighted by molar-refractivity contribution is 9.10. The molecule has 0 bridgehead atoms. The molecule has 1 aliphatic carbocycles. The van der Waals surface area contributed by atoms with Crippen molar-refractivity contribution in [1.29, 1.82) is 0 Å². The van der Waals surface area contributed by atoms with E-state index in [1.165, 1.54) is 23.0 Å². The molecule has 40 heavy (non-hydrogen) atoms. The van der Waals surface area contributed by atoms with Crippen molar-refractivity contribution < 1.29 is 37.1 Å². The minimum Gasteiger partial charge on any atom is -0.465 e. The molecule has 2 aromatic heterocycles. The second-order valence-electron chi connectivity index (χ2n) is 8.88. The molecule has 0 radical (unpaired) electrons. The lowest BCUT2D eigenvalue weighted by Crippen LogP contribution is -2.29. The minimum atomic E-state index is -4.21. The van der Waals surface area contributed by atoms with Gasteiger partial charge in [-0.25, -0.2) is 13.2 Å². The molecular weight excluding hydrogens is 646 g/mol. The lowest BCUT2D eigenvalue weighted by Gasteiger charge is -2.11. The van der Waals surface area contributed by atoms with Gasteiger partial charge >= 0.3 is 11.9 Å². The normalized spacial score (nSPS) is 13.6. The SMILES string of the molecule is CCOC(=O)Cn1c(=NC(=O)CS(=O)(=O)CC(=O)Nc2sc3c(c2C(=O)OC)CCCC3)sc2cc(Br)ccc21. The highest BCUT2D eigenvalue weighted by atomic mass is 79.9. The number of hydrogen-bond donors (Lipinski definition) is 1. The zero-order valence-corrected chi connectivity index (χ0v) is 25.7. The number of ether oxygens (including phenoxy) is 2. The largest absolute Gasteiger partial charge is 0.465 e. The summed E-state index contributed by atoms with van der Waals surface area (Å²) in [4.78, 5) is 55.0. The van der Waals surface area contributed by atoms with E-state index in [4.69, 9.17) is 9.47 Å². The summed E-state index contributed by atoms with van der Waals surface area (Å²) in [6.07, 6.45) is 3.29. The van der Waals surface area contributed by atoms with Crippen molar-refractivity contribution in [3.8, 4) is 0 Å². The molecule has 0 saturated heterocycles. The molecule has 2 amide bonds. The van der Waals surface area contributed by atoms with Gasteiger partial charge in [0.15, 0.2) is 14.6 Å². The number of amides is 2. The van der Waals surface area contributed by atoms with Crippen LogP contribution in [0.15, 0.2) is 27.7 Å². The number of anilines is 1. The molecule has 15 heteroatoms. The topological polar surface area (TPSA) is 150 Å². The molecule has 0 saturated carbocycles. The summed E-state index contributed by atoms with van der Waals surface area (Å²) in [5.74, 6) is -4.98. The number of nitrogens with one attached hydrogen (secondary N) is 1. The summed E-state index contributed by atoms with van der Waals surface area (Å²) in [6, 6.07) is 5.29. The van der Waals surface area contributed by atoms with Gasteiger partial charge in [-0.05, 0) is 56.4 Å². The molecule has 0 unspecified atom stereocenters. The number of thiazole rings is 1. The Labute approximate surface area is 246 Å². The molecular formula is C25H26BrN3O8S3. The number of sulfone groups is 1. The van der Waals surface area contributed by atoms with E-state index in [1.807, 2.05) is 0 Å². The average Bonchev–Trinajstić information content (AvgIpc) is 3.39. The predicted octanol–water partition coefficient (Wildman–Crippen LogP) is 3.24. The summed E-state index contributed by atoms with van der Waals surface area (Å²) < 4.78 is 38.4. The van der Waals surface area contributed by atoms with Gasteiger partial charge < -0.3 is 19.4 Å². The van der Waals surface area contributed by atoms with Gasteiger partial charge in [-0.2, -0.15) is 4.99 Å².